The molecule has 0 nitrogen and oxygen atoms in total. The van der Waals surface area contributed by atoms with Gasteiger partial charge in [0.25, 0.3) is 0 Å². The number of alkyl halides is 1. The van der Waals surface area contributed by atoms with Crippen LogP contribution in [-0.2, 0) is 0 Å². The van der Waals surface area contributed by atoms with Crippen LogP contribution in [0.2, 0.25) is 0 Å². The normalized spacial score (nSPS) is 13.2. The first-order chi connectivity index (χ1) is 5.35. The van der Waals surface area contributed by atoms with Crippen LogP contribution in [0.5, 0.6) is 0 Å². The highest BCUT2D eigenvalue weighted by atomic mass is 127. The van der Waals surface area contributed by atoms with E-state index in [2.05, 4.69) is 47.6 Å². The van der Waals surface area contributed by atoms with E-state index < -0.39 is 0 Å². The molecule has 0 aromatic carbocycles. The largest absolute Gasteiger partial charge is 0.120 e. The highest BCUT2D eigenvalue weighted by Crippen LogP contribution is 2.12. The maximum Gasteiger partial charge on any atom is 0.0125 e. The lowest BCUT2D eigenvalue weighted by Crippen LogP contribution is -1.98. The summed E-state index contributed by atoms with van der Waals surface area (Å²) in [6.45, 7) is 2.15. The van der Waals surface area contributed by atoms with Crippen molar-refractivity contribution in [3.05, 3.63) is 12.2 Å². The van der Waals surface area contributed by atoms with E-state index in [1.165, 1.54) is 0 Å². The summed E-state index contributed by atoms with van der Waals surface area (Å²) in [4.78, 5) is 0. The SMILES string of the molecule is C#CCC(CI)CC=CCC. The first kappa shape index (κ1) is 11.0. The monoisotopic (exact) mass is 262 g/mol. The fraction of sp³-hybridized carbons (Fsp3) is 0.600. The maximum atomic E-state index is 5.23. The molecule has 62 valence electrons. The molecule has 1 atom stereocenters. The van der Waals surface area contributed by atoms with Crippen LogP contribution in [0.3, 0.4) is 0 Å². The number of hydrogen-bond acceptors (Lipinski definition) is 0. The second kappa shape index (κ2) is 8.13. The van der Waals surface area contributed by atoms with Crippen LogP contribution in [-0.4, -0.2) is 4.43 Å². The van der Waals surface area contributed by atoms with Gasteiger partial charge in [0.1, 0.15) is 0 Å². The molecule has 0 aromatic heterocycles. The molecule has 0 radical (unpaired) electrons. The average Bonchev–Trinajstić information content (AvgIpc) is 2.03. The number of allylic oxidation sites excluding steroid dienone is 2. The van der Waals surface area contributed by atoms with Gasteiger partial charge in [-0.1, -0.05) is 41.7 Å². The highest BCUT2D eigenvalue weighted by Gasteiger charge is 2.01. The van der Waals surface area contributed by atoms with Crippen LogP contribution < -0.4 is 0 Å². The van der Waals surface area contributed by atoms with Gasteiger partial charge in [0.2, 0.25) is 0 Å². The standard InChI is InChI=1S/C10H15I/c1-3-5-6-8-10(9-11)7-4-2/h2,5-6,10H,3,7-9H2,1H3. The number of hydrogen-bond donors (Lipinski definition) is 0. The number of rotatable bonds is 5. The lowest BCUT2D eigenvalue weighted by Gasteiger charge is -2.05. The van der Waals surface area contributed by atoms with E-state index in [1.807, 2.05) is 0 Å². The second-order valence-electron chi connectivity index (χ2n) is 2.54. The summed E-state index contributed by atoms with van der Waals surface area (Å²) in [5.41, 5.74) is 0. The third kappa shape index (κ3) is 6.43. The molecule has 11 heavy (non-hydrogen) atoms. The summed E-state index contributed by atoms with van der Waals surface area (Å²) >= 11 is 2.40. The summed E-state index contributed by atoms with van der Waals surface area (Å²) in [5, 5.41) is 0. The number of halogens is 1. The van der Waals surface area contributed by atoms with E-state index in [0.29, 0.717) is 5.92 Å². The van der Waals surface area contributed by atoms with Crippen LogP contribution in [0.4, 0.5) is 0 Å². The van der Waals surface area contributed by atoms with Gasteiger partial charge in [-0.25, -0.2) is 0 Å². The van der Waals surface area contributed by atoms with Crippen LogP contribution in [0.15, 0.2) is 12.2 Å². The molecule has 0 bridgehead atoms. The Labute approximate surface area is 83.6 Å². The molecular weight excluding hydrogens is 247 g/mol. The van der Waals surface area contributed by atoms with Crippen LogP contribution >= 0.6 is 22.6 Å². The minimum atomic E-state index is 0.684. The van der Waals surface area contributed by atoms with Crippen molar-refractivity contribution in [3.63, 3.8) is 0 Å². The first-order valence-electron chi connectivity index (χ1n) is 3.99. The predicted octanol–water partition coefficient (Wildman–Crippen LogP) is 3.42. The molecule has 0 saturated heterocycles. The molecule has 1 unspecified atom stereocenters. The molecule has 0 rings (SSSR count). The zero-order valence-electron chi connectivity index (χ0n) is 7.02. The van der Waals surface area contributed by atoms with Gasteiger partial charge in [-0.05, 0) is 18.8 Å². The van der Waals surface area contributed by atoms with Crippen LogP contribution in [0.1, 0.15) is 26.2 Å². The fourth-order valence-corrected chi connectivity index (χ4v) is 1.49. The smallest absolute Gasteiger partial charge is 0.0125 e. The zero-order valence-corrected chi connectivity index (χ0v) is 9.17. The Hall–Kier alpha value is 0.0300. The molecule has 0 aliphatic rings. The van der Waals surface area contributed by atoms with E-state index in [9.17, 15) is 0 Å². The predicted molar refractivity (Wildman–Crippen MR) is 59.9 cm³/mol. The third-order valence-corrected chi connectivity index (χ3v) is 2.74. The first-order valence-corrected chi connectivity index (χ1v) is 5.52. The lowest BCUT2D eigenvalue weighted by atomic mass is 10.0. The van der Waals surface area contributed by atoms with E-state index >= 15 is 0 Å². The Morgan fingerprint density at radius 2 is 2.27 bits per heavy atom. The summed E-state index contributed by atoms with van der Waals surface area (Å²) in [6.07, 6.45) is 12.9. The molecule has 0 N–H and O–H groups in total. The van der Waals surface area contributed by atoms with Gasteiger partial charge >= 0.3 is 0 Å². The molecule has 0 aliphatic carbocycles. The number of terminal acetylenes is 1. The Morgan fingerprint density at radius 3 is 2.73 bits per heavy atom. The van der Waals surface area contributed by atoms with Crippen molar-refractivity contribution in [1.82, 2.24) is 0 Å². The Balaban J connectivity index is 3.53. The highest BCUT2D eigenvalue weighted by molar-refractivity contribution is 14.1. The van der Waals surface area contributed by atoms with Gasteiger partial charge in [0, 0.05) is 10.8 Å². The van der Waals surface area contributed by atoms with Gasteiger partial charge < -0.3 is 0 Å². The zero-order chi connectivity index (χ0) is 8.53. The molecule has 0 aliphatic heterocycles. The van der Waals surface area contributed by atoms with Crippen molar-refractivity contribution >= 4 is 22.6 Å². The molecule has 0 saturated carbocycles. The molecule has 0 spiro atoms. The minimum Gasteiger partial charge on any atom is -0.120 e. The Morgan fingerprint density at radius 1 is 1.55 bits per heavy atom. The fourth-order valence-electron chi connectivity index (χ4n) is 0.823. The second-order valence-corrected chi connectivity index (χ2v) is 3.42. The lowest BCUT2D eigenvalue weighted by molar-refractivity contribution is 0.633. The minimum absolute atomic E-state index is 0.684. The van der Waals surface area contributed by atoms with Crippen molar-refractivity contribution < 1.29 is 0 Å². The molecule has 0 aromatic rings. The molecular formula is C10H15I. The van der Waals surface area contributed by atoms with Crippen molar-refractivity contribution in [2.24, 2.45) is 5.92 Å². The molecule has 0 fully saturated rings. The quantitative estimate of drug-likeness (QED) is 0.308. The average molecular weight is 262 g/mol. The van der Waals surface area contributed by atoms with Gasteiger partial charge in [-0.15, -0.1) is 12.3 Å². The molecule has 0 heterocycles. The summed E-state index contributed by atoms with van der Waals surface area (Å²) in [5.74, 6) is 3.39. The summed E-state index contributed by atoms with van der Waals surface area (Å²) < 4.78 is 1.16. The Kier molecular flexibility index (Phi) is 8.15. The van der Waals surface area contributed by atoms with Gasteiger partial charge in [-0.2, -0.15) is 0 Å². The topological polar surface area (TPSA) is 0 Å². The van der Waals surface area contributed by atoms with Crippen molar-refractivity contribution in [2.45, 2.75) is 26.2 Å². The van der Waals surface area contributed by atoms with Crippen LogP contribution in [0.25, 0.3) is 0 Å². The van der Waals surface area contributed by atoms with Crippen LogP contribution in [0, 0.1) is 18.3 Å². The van der Waals surface area contributed by atoms with E-state index in [-0.39, 0.29) is 0 Å². The van der Waals surface area contributed by atoms with Gasteiger partial charge in [-0.3, -0.25) is 0 Å². The third-order valence-electron chi connectivity index (χ3n) is 1.50. The summed E-state index contributed by atoms with van der Waals surface area (Å²) in [7, 11) is 0. The van der Waals surface area contributed by atoms with E-state index in [4.69, 9.17) is 6.42 Å². The van der Waals surface area contributed by atoms with E-state index in [1.54, 1.807) is 0 Å². The Bertz CT molecular complexity index is 141. The molecule has 1 heteroatoms. The maximum absolute atomic E-state index is 5.23. The van der Waals surface area contributed by atoms with Crippen molar-refractivity contribution in [3.8, 4) is 12.3 Å². The van der Waals surface area contributed by atoms with E-state index in [0.717, 1.165) is 23.7 Å². The van der Waals surface area contributed by atoms with Crippen molar-refractivity contribution in [1.29, 1.82) is 0 Å². The molecule has 0 amide bonds. The van der Waals surface area contributed by atoms with Crippen molar-refractivity contribution in [2.75, 3.05) is 4.43 Å². The van der Waals surface area contributed by atoms with Gasteiger partial charge in [0.15, 0.2) is 0 Å². The summed E-state index contributed by atoms with van der Waals surface area (Å²) in [6, 6.07) is 0. The van der Waals surface area contributed by atoms with Gasteiger partial charge in [0.05, 0.1) is 0 Å².